The largest absolute Gasteiger partial charge is 0.362 e. The molecule has 17 heavy (non-hydrogen) atoms. The van der Waals surface area contributed by atoms with Gasteiger partial charge in [-0.3, -0.25) is 0 Å². The normalized spacial score (nSPS) is 24.7. The summed E-state index contributed by atoms with van der Waals surface area (Å²) in [6, 6.07) is 0. The van der Waals surface area contributed by atoms with Gasteiger partial charge in [-0.15, -0.1) is 0 Å². The van der Waals surface area contributed by atoms with Crippen LogP contribution in [-0.4, -0.2) is 18.2 Å². The van der Waals surface area contributed by atoms with E-state index in [0.29, 0.717) is 5.92 Å². The van der Waals surface area contributed by atoms with Gasteiger partial charge in [-0.1, -0.05) is 40.0 Å². The Labute approximate surface area is 112 Å². The second kappa shape index (κ2) is 7.91. The van der Waals surface area contributed by atoms with Crippen LogP contribution in [0.25, 0.3) is 0 Å². The Morgan fingerprint density at radius 2 is 1.71 bits per heavy atom. The highest BCUT2D eigenvalue weighted by Gasteiger charge is 2.19. The highest BCUT2D eigenvalue weighted by Crippen LogP contribution is 2.29. The first kappa shape index (κ1) is 14.7. The van der Waals surface area contributed by atoms with Gasteiger partial charge in [0.25, 0.3) is 0 Å². The van der Waals surface area contributed by atoms with Crippen LogP contribution in [0.1, 0.15) is 52.9 Å². The average Bonchev–Trinajstić information content (AvgIpc) is 2.34. The number of nitrogens with one attached hydrogen (secondary N) is 2. The zero-order valence-corrected chi connectivity index (χ0v) is 12.4. The summed E-state index contributed by atoms with van der Waals surface area (Å²) in [5, 5.41) is 7.45. The third-order valence-corrected chi connectivity index (χ3v) is 4.05. The summed E-state index contributed by atoms with van der Waals surface area (Å²) in [5.74, 6) is 2.46. The molecule has 0 saturated heterocycles. The van der Waals surface area contributed by atoms with E-state index in [9.17, 15) is 0 Å². The van der Waals surface area contributed by atoms with Crippen molar-refractivity contribution in [3.63, 3.8) is 0 Å². The fourth-order valence-electron chi connectivity index (χ4n) is 2.44. The van der Waals surface area contributed by atoms with E-state index in [-0.39, 0.29) is 0 Å². The van der Waals surface area contributed by atoms with Gasteiger partial charge in [0.15, 0.2) is 5.11 Å². The van der Waals surface area contributed by atoms with Crippen molar-refractivity contribution >= 4 is 17.3 Å². The molecule has 3 heteroatoms. The van der Waals surface area contributed by atoms with Crippen LogP contribution in [-0.2, 0) is 0 Å². The lowest BCUT2D eigenvalue weighted by atomic mass is 9.81. The molecule has 1 aliphatic rings. The van der Waals surface area contributed by atoms with Gasteiger partial charge in [0.05, 0.1) is 0 Å². The first-order chi connectivity index (χ1) is 8.11. The van der Waals surface area contributed by atoms with Gasteiger partial charge in [-0.05, 0) is 42.8 Å². The minimum absolute atomic E-state index is 0.648. The van der Waals surface area contributed by atoms with E-state index in [4.69, 9.17) is 12.2 Å². The SMILES string of the molecule is CCC1CCC(CNC(=S)NCC(C)C)CC1. The predicted molar refractivity (Wildman–Crippen MR) is 79.2 cm³/mol. The molecule has 0 radical (unpaired) electrons. The molecule has 1 fully saturated rings. The van der Waals surface area contributed by atoms with Crippen LogP contribution in [0.15, 0.2) is 0 Å². The van der Waals surface area contributed by atoms with Crippen molar-refractivity contribution in [3.05, 3.63) is 0 Å². The monoisotopic (exact) mass is 256 g/mol. The lowest BCUT2D eigenvalue weighted by Gasteiger charge is -2.28. The molecule has 0 spiro atoms. The minimum Gasteiger partial charge on any atom is -0.362 e. The van der Waals surface area contributed by atoms with Crippen LogP contribution in [0.3, 0.4) is 0 Å². The van der Waals surface area contributed by atoms with Gasteiger partial charge in [0.2, 0.25) is 0 Å². The summed E-state index contributed by atoms with van der Waals surface area (Å²) in [6.07, 6.45) is 6.93. The third-order valence-electron chi connectivity index (χ3n) is 3.77. The minimum atomic E-state index is 0.648. The Balaban J connectivity index is 2.08. The second-order valence-electron chi connectivity index (χ2n) is 5.78. The summed E-state index contributed by atoms with van der Waals surface area (Å²) >= 11 is 5.26. The fraction of sp³-hybridized carbons (Fsp3) is 0.929. The molecule has 2 nitrogen and oxygen atoms in total. The first-order valence-electron chi connectivity index (χ1n) is 7.13. The molecule has 2 N–H and O–H groups in total. The van der Waals surface area contributed by atoms with Crippen LogP contribution < -0.4 is 10.6 Å². The predicted octanol–water partition coefficient (Wildman–Crippen LogP) is 3.32. The Hall–Kier alpha value is -0.310. The maximum atomic E-state index is 5.26. The molecule has 0 bridgehead atoms. The van der Waals surface area contributed by atoms with E-state index in [1.807, 2.05) is 0 Å². The van der Waals surface area contributed by atoms with Crippen LogP contribution >= 0.6 is 12.2 Å². The van der Waals surface area contributed by atoms with Gasteiger partial charge in [0, 0.05) is 13.1 Å². The van der Waals surface area contributed by atoms with Crippen molar-refractivity contribution < 1.29 is 0 Å². The van der Waals surface area contributed by atoms with E-state index in [0.717, 1.165) is 30.0 Å². The Bertz CT molecular complexity index is 220. The molecule has 0 aliphatic heterocycles. The van der Waals surface area contributed by atoms with Crippen LogP contribution in [0.2, 0.25) is 0 Å². The molecule has 0 amide bonds. The molecule has 0 unspecified atom stereocenters. The molecule has 1 rings (SSSR count). The summed E-state index contributed by atoms with van der Waals surface area (Å²) in [4.78, 5) is 0. The number of hydrogen-bond donors (Lipinski definition) is 2. The van der Waals surface area contributed by atoms with E-state index >= 15 is 0 Å². The average molecular weight is 256 g/mol. The summed E-state index contributed by atoms with van der Waals surface area (Å²) < 4.78 is 0. The highest BCUT2D eigenvalue weighted by atomic mass is 32.1. The van der Waals surface area contributed by atoms with Crippen LogP contribution in [0, 0.1) is 17.8 Å². The number of hydrogen-bond acceptors (Lipinski definition) is 1. The second-order valence-corrected chi connectivity index (χ2v) is 6.19. The van der Waals surface area contributed by atoms with E-state index in [1.54, 1.807) is 0 Å². The zero-order chi connectivity index (χ0) is 12.7. The highest BCUT2D eigenvalue weighted by molar-refractivity contribution is 7.80. The van der Waals surface area contributed by atoms with E-state index < -0.39 is 0 Å². The fourth-order valence-corrected chi connectivity index (χ4v) is 2.61. The Kier molecular flexibility index (Phi) is 6.86. The molecule has 0 heterocycles. The molecule has 0 aromatic heterocycles. The van der Waals surface area contributed by atoms with E-state index in [1.165, 1.54) is 32.1 Å². The van der Waals surface area contributed by atoms with Crippen molar-refractivity contribution in [1.29, 1.82) is 0 Å². The number of rotatable bonds is 5. The standard InChI is InChI=1S/C14H28N2S/c1-4-12-5-7-13(8-6-12)10-16-14(17)15-9-11(2)3/h11-13H,4-10H2,1-3H3,(H2,15,16,17). The summed E-state index contributed by atoms with van der Waals surface area (Å²) in [5.41, 5.74) is 0. The molecular formula is C14H28N2S. The molecule has 0 aromatic rings. The molecule has 100 valence electrons. The summed E-state index contributed by atoms with van der Waals surface area (Å²) in [7, 11) is 0. The third kappa shape index (κ3) is 6.25. The van der Waals surface area contributed by atoms with Crippen molar-refractivity contribution in [2.45, 2.75) is 52.9 Å². The van der Waals surface area contributed by atoms with E-state index in [2.05, 4.69) is 31.4 Å². The van der Waals surface area contributed by atoms with Gasteiger partial charge >= 0.3 is 0 Å². The lowest BCUT2D eigenvalue weighted by Crippen LogP contribution is -2.40. The maximum Gasteiger partial charge on any atom is 0.166 e. The molecule has 0 aromatic carbocycles. The smallest absolute Gasteiger partial charge is 0.166 e. The maximum absolute atomic E-state index is 5.26. The van der Waals surface area contributed by atoms with Crippen molar-refractivity contribution in [2.75, 3.05) is 13.1 Å². The van der Waals surface area contributed by atoms with Gasteiger partial charge in [0.1, 0.15) is 0 Å². The summed E-state index contributed by atoms with van der Waals surface area (Å²) in [6.45, 7) is 8.73. The van der Waals surface area contributed by atoms with Gasteiger partial charge in [-0.25, -0.2) is 0 Å². The Morgan fingerprint density at radius 1 is 1.12 bits per heavy atom. The van der Waals surface area contributed by atoms with Crippen LogP contribution in [0.5, 0.6) is 0 Å². The molecular weight excluding hydrogens is 228 g/mol. The van der Waals surface area contributed by atoms with Gasteiger partial charge in [-0.2, -0.15) is 0 Å². The molecule has 0 atom stereocenters. The van der Waals surface area contributed by atoms with Crippen LogP contribution in [0.4, 0.5) is 0 Å². The zero-order valence-electron chi connectivity index (χ0n) is 11.6. The lowest BCUT2D eigenvalue weighted by molar-refractivity contribution is 0.269. The molecule has 1 saturated carbocycles. The molecule has 1 aliphatic carbocycles. The topological polar surface area (TPSA) is 24.1 Å². The van der Waals surface area contributed by atoms with Crippen molar-refractivity contribution in [3.8, 4) is 0 Å². The van der Waals surface area contributed by atoms with Crippen molar-refractivity contribution in [2.24, 2.45) is 17.8 Å². The van der Waals surface area contributed by atoms with Crippen molar-refractivity contribution in [1.82, 2.24) is 10.6 Å². The number of thiocarbonyl (C=S) groups is 1. The quantitative estimate of drug-likeness (QED) is 0.738. The van der Waals surface area contributed by atoms with Gasteiger partial charge < -0.3 is 10.6 Å². The first-order valence-corrected chi connectivity index (χ1v) is 7.54. The Morgan fingerprint density at radius 3 is 2.24 bits per heavy atom.